The van der Waals surface area contributed by atoms with Crippen LogP contribution >= 0.6 is 0 Å². The maximum Gasteiger partial charge on any atom is 0.332 e. The normalized spacial score (nSPS) is 13.2. The summed E-state index contributed by atoms with van der Waals surface area (Å²) >= 11 is 0. The summed E-state index contributed by atoms with van der Waals surface area (Å²) in [6.45, 7) is 61.1. The smallest absolute Gasteiger partial charge is 0.332 e. The van der Waals surface area contributed by atoms with E-state index in [1.165, 1.54) is 39.5 Å². The van der Waals surface area contributed by atoms with Crippen molar-refractivity contribution in [3.8, 4) is 0 Å². The van der Waals surface area contributed by atoms with Crippen molar-refractivity contribution in [1.82, 2.24) is 0 Å². The number of ether oxygens (including phenoxy) is 3. The van der Waals surface area contributed by atoms with Crippen LogP contribution < -0.4 is 11.5 Å². The Morgan fingerprint density at radius 2 is 0.885 bits per heavy atom. The summed E-state index contributed by atoms with van der Waals surface area (Å²) in [6, 6.07) is 0.443. The molecule has 0 amide bonds. The summed E-state index contributed by atoms with van der Waals surface area (Å²) in [5.41, 5.74) is 11.1. The quantitative estimate of drug-likeness (QED) is 0.0309. The Bertz CT molecular complexity index is 1730. The fourth-order valence-electron chi connectivity index (χ4n) is 8.12. The van der Waals surface area contributed by atoms with E-state index in [1.54, 1.807) is 27.9 Å². The number of aliphatic carboxylic acids is 2. The van der Waals surface area contributed by atoms with Crippen LogP contribution in [0.3, 0.4) is 0 Å². The molecule has 0 spiro atoms. The molecule has 16 heteroatoms. The number of carboxylic acid groups (broad SMARTS) is 2. The van der Waals surface area contributed by atoms with Crippen LogP contribution in [0.25, 0.3) is 0 Å². The van der Waals surface area contributed by atoms with Crippen molar-refractivity contribution < 1.29 is 68.2 Å². The summed E-state index contributed by atoms with van der Waals surface area (Å²) in [6.07, 6.45) is 19.3. The van der Waals surface area contributed by atoms with E-state index in [9.17, 15) is 33.6 Å². The second kappa shape index (κ2) is 74.7. The number of Topliss-reactive ketones (excluding diaryl/α,β-unsaturated/α-hetero) is 5. The van der Waals surface area contributed by atoms with Crippen molar-refractivity contribution in [2.24, 2.45) is 87.9 Å². The molecule has 580 valence electrons. The van der Waals surface area contributed by atoms with Gasteiger partial charge >= 0.3 is 11.9 Å². The van der Waals surface area contributed by atoms with Gasteiger partial charge in [-0.25, -0.2) is 4.79 Å². The first-order valence-electron chi connectivity index (χ1n) is 37.5. The van der Waals surface area contributed by atoms with Gasteiger partial charge < -0.3 is 50.9 Å². The second-order valence-corrected chi connectivity index (χ2v) is 31.2. The number of carbonyl (C=O) groups is 7. The average Bonchev–Trinajstić information content (AvgIpc) is 2.64. The van der Waals surface area contributed by atoms with E-state index in [0.29, 0.717) is 86.4 Å². The molecule has 0 fully saturated rings. The molecule has 96 heavy (non-hydrogen) atoms. The van der Waals surface area contributed by atoms with Crippen LogP contribution in [0.4, 0.5) is 0 Å². The minimum absolute atomic E-state index is 0.00926. The summed E-state index contributed by atoms with van der Waals surface area (Å²) in [4.78, 5) is 75.1. The van der Waals surface area contributed by atoms with E-state index in [4.69, 9.17) is 46.1 Å². The number of nitrogens with two attached hydrogens (primary N) is 2. The number of rotatable bonds is 44. The van der Waals surface area contributed by atoms with Gasteiger partial charge in [-0.2, -0.15) is 0 Å². The number of carboxylic acids is 2. The van der Waals surface area contributed by atoms with Gasteiger partial charge in [-0.05, 0) is 184 Å². The summed E-state index contributed by atoms with van der Waals surface area (Å²) in [5, 5.41) is 35.6. The highest BCUT2D eigenvalue weighted by Crippen LogP contribution is 2.26. The molecule has 0 saturated carbocycles. The molecule has 0 radical (unpaired) electrons. The van der Waals surface area contributed by atoms with Crippen LogP contribution in [0.1, 0.15) is 336 Å². The van der Waals surface area contributed by atoms with Crippen molar-refractivity contribution in [2.75, 3.05) is 40.1 Å². The third-order valence-electron chi connectivity index (χ3n) is 15.6. The van der Waals surface area contributed by atoms with Crippen LogP contribution in [0.2, 0.25) is 0 Å². The van der Waals surface area contributed by atoms with E-state index >= 15 is 0 Å². The predicted octanol–water partition coefficient (Wildman–Crippen LogP) is 19.1. The molecular weight excluding hydrogens is 1210 g/mol. The lowest BCUT2D eigenvalue weighted by Gasteiger charge is -2.21. The second-order valence-electron chi connectivity index (χ2n) is 31.2. The predicted molar refractivity (Wildman–Crippen MR) is 408 cm³/mol. The molecule has 0 aromatic rings. The van der Waals surface area contributed by atoms with Crippen molar-refractivity contribution in [3.05, 3.63) is 0 Å². The molecule has 0 aromatic heterocycles. The molecule has 0 aliphatic rings. The molecule has 0 heterocycles. The highest BCUT2D eigenvalue weighted by atomic mass is 16.5. The van der Waals surface area contributed by atoms with E-state index in [2.05, 4.69) is 118 Å². The molecule has 0 saturated heterocycles. The van der Waals surface area contributed by atoms with Crippen molar-refractivity contribution in [1.29, 1.82) is 0 Å². The highest BCUT2D eigenvalue weighted by Gasteiger charge is 2.23. The van der Waals surface area contributed by atoms with E-state index in [0.717, 1.165) is 114 Å². The standard InChI is InChI=1S/C10H20O4.C10H18O3.C10H20O.C9H19NO.C9H21N.C9H18O.2C8H18O.C7H14O2/c1-8(2)4-5-9(10(11)12)14-7-6-13-3;1-7(2)4-9(5-8(3)11)6-10(12)13;1-8(2)6-7-10(4,5)9(3)11;1-7(2)4-5-9(6-10)8(3)11;1-4-9(10)7-5-6-8(2)3;1-7(2)5-6-8(3)9(4)10;2*1-4-8(9)6-5-7(2)3;1-6(2)4-9-5-7(3)8/h8-9H,4-7H2,1-3H3,(H,11,12);7,9H,4-6H2,1-3H3,(H,12,13);8H,6-7H2,1-5H3;7,9H,4-6,10H2,1-3H3;8-9H,4-7,10H2,1-3H3;7-8H,5-6H2,1-4H3;2*7-9H,4-6H2,1-3H3;6H,4-5H2,1-3H3. The largest absolute Gasteiger partial charge is 0.481 e. The number of aliphatic hydroxyl groups is 2. The summed E-state index contributed by atoms with van der Waals surface area (Å²) < 4.78 is 15.0. The molecule has 0 aliphatic heterocycles. The number of hydrogen-bond donors (Lipinski definition) is 6. The van der Waals surface area contributed by atoms with Crippen LogP contribution in [0.15, 0.2) is 0 Å². The van der Waals surface area contributed by atoms with Crippen molar-refractivity contribution >= 4 is 40.9 Å². The van der Waals surface area contributed by atoms with Crippen LogP contribution in [0.5, 0.6) is 0 Å². The highest BCUT2D eigenvalue weighted by molar-refractivity contribution is 5.81. The fraction of sp³-hybridized carbons (Fsp3) is 0.912. The molecule has 0 aromatic carbocycles. The zero-order chi connectivity index (χ0) is 77.3. The van der Waals surface area contributed by atoms with Gasteiger partial charge in [0, 0.05) is 56.4 Å². The van der Waals surface area contributed by atoms with Gasteiger partial charge in [-0.1, -0.05) is 198 Å². The first-order chi connectivity index (χ1) is 44.1. The van der Waals surface area contributed by atoms with Crippen LogP contribution in [0, 0.1) is 76.4 Å². The Balaban J connectivity index is -0.000000127. The lowest BCUT2D eigenvalue weighted by molar-refractivity contribution is -0.152. The number of methoxy groups -OCH3 is 1. The lowest BCUT2D eigenvalue weighted by atomic mass is 9.82. The van der Waals surface area contributed by atoms with Gasteiger partial charge in [-0.15, -0.1) is 0 Å². The maximum absolute atomic E-state index is 11.1. The summed E-state index contributed by atoms with van der Waals surface area (Å²) in [5.74, 6) is 5.55. The minimum Gasteiger partial charge on any atom is -0.481 e. The van der Waals surface area contributed by atoms with Crippen molar-refractivity contribution in [2.45, 2.75) is 360 Å². The topological polar surface area (TPSA) is 280 Å². The molecule has 7 unspecified atom stereocenters. The van der Waals surface area contributed by atoms with Crippen LogP contribution in [-0.4, -0.2) is 126 Å². The number of ketones is 5. The average molecular weight is 1380 g/mol. The lowest BCUT2D eigenvalue weighted by Crippen LogP contribution is -2.25. The zero-order valence-corrected chi connectivity index (χ0v) is 68.6. The number of carbonyl (C=O) groups excluding carboxylic acids is 5. The SMILES string of the molecule is CC(=O)C(C)(C)CCC(C)C.CC(=O)C(C)CCC(C)C.CC(=O)C(CN)CCC(C)C.CC(=O)CC(CC(=O)O)CC(C)C.CC(=O)COCC(C)C.CCC(N)CCCC(C)C.CCC(O)CCC(C)C.CCC(O)CCC(C)C.COCCOC(CCC(C)C)C(=O)O. The molecule has 8 N–H and O–H groups in total. The van der Waals surface area contributed by atoms with Gasteiger partial charge in [0.25, 0.3) is 0 Å². The first-order valence-corrected chi connectivity index (χ1v) is 37.5. The van der Waals surface area contributed by atoms with Gasteiger partial charge in [0.2, 0.25) is 0 Å². The molecule has 16 nitrogen and oxygen atoms in total. The molecule has 0 bridgehead atoms. The van der Waals surface area contributed by atoms with Crippen LogP contribution in [-0.2, 0) is 47.8 Å². The Kier molecular flexibility index (Phi) is 86.8. The van der Waals surface area contributed by atoms with Crippen molar-refractivity contribution in [3.63, 3.8) is 0 Å². The zero-order valence-electron chi connectivity index (χ0n) is 68.6. The van der Waals surface area contributed by atoms with Gasteiger partial charge in [0.1, 0.15) is 29.7 Å². The molecule has 0 aliphatic carbocycles. The Morgan fingerprint density at radius 1 is 0.469 bits per heavy atom. The van der Waals surface area contributed by atoms with Gasteiger partial charge in [0.05, 0.1) is 25.4 Å². The van der Waals surface area contributed by atoms with Gasteiger partial charge in [-0.3, -0.25) is 24.0 Å². The fourth-order valence-corrected chi connectivity index (χ4v) is 8.12. The Labute approximate surface area is 594 Å². The monoisotopic (exact) mass is 1380 g/mol. The molecule has 7 atom stereocenters. The van der Waals surface area contributed by atoms with E-state index in [1.807, 2.05) is 48.5 Å². The van der Waals surface area contributed by atoms with E-state index in [-0.39, 0.29) is 65.8 Å². The summed E-state index contributed by atoms with van der Waals surface area (Å²) in [7, 11) is 1.56. The molecule has 0 rings (SSSR count). The third-order valence-corrected chi connectivity index (χ3v) is 15.6. The van der Waals surface area contributed by atoms with E-state index < -0.39 is 18.0 Å². The maximum atomic E-state index is 11.1. The minimum atomic E-state index is -0.887. The Morgan fingerprint density at radius 3 is 1.19 bits per heavy atom. The first kappa shape index (κ1) is 112. The number of hydrogen-bond acceptors (Lipinski definition) is 14. The van der Waals surface area contributed by atoms with Gasteiger partial charge in [0.15, 0.2) is 11.9 Å². The molecular formula is C80H166N2O14. The third kappa shape index (κ3) is 107. The number of aliphatic hydroxyl groups excluding tert-OH is 2. The Hall–Kier alpha value is -2.99.